The highest BCUT2D eigenvalue weighted by Crippen LogP contribution is 2.07. The van der Waals surface area contributed by atoms with Gasteiger partial charge in [0.2, 0.25) is 0 Å². The monoisotopic (exact) mass is 257 g/mol. The summed E-state index contributed by atoms with van der Waals surface area (Å²) in [4.78, 5) is 0. The van der Waals surface area contributed by atoms with E-state index in [9.17, 15) is 8.78 Å². The van der Waals surface area contributed by atoms with Crippen molar-refractivity contribution in [1.29, 1.82) is 0 Å². The molecule has 0 saturated carbocycles. The van der Waals surface area contributed by atoms with Gasteiger partial charge >= 0.3 is 0 Å². The predicted molar refractivity (Wildman–Crippen MR) is 68.3 cm³/mol. The van der Waals surface area contributed by atoms with E-state index in [1.165, 1.54) is 12.1 Å². The lowest BCUT2D eigenvalue weighted by Gasteiger charge is -2.08. The van der Waals surface area contributed by atoms with Crippen LogP contribution in [-0.2, 0) is 11.3 Å². The second-order valence-electron chi connectivity index (χ2n) is 4.75. The summed E-state index contributed by atoms with van der Waals surface area (Å²) in [6.45, 7) is 6.80. The molecule has 0 spiro atoms. The Bertz CT molecular complexity index is 335. The van der Waals surface area contributed by atoms with Crippen LogP contribution in [0.2, 0.25) is 0 Å². The van der Waals surface area contributed by atoms with Crippen molar-refractivity contribution in [2.75, 3.05) is 19.8 Å². The summed E-state index contributed by atoms with van der Waals surface area (Å²) in [7, 11) is 0. The van der Waals surface area contributed by atoms with Gasteiger partial charge in [0.15, 0.2) is 0 Å². The van der Waals surface area contributed by atoms with Crippen molar-refractivity contribution in [2.24, 2.45) is 5.92 Å². The normalized spacial score (nSPS) is 11.2. The molecule has 1 N–H and O–H groups in total. The summed E-state index contributed by atoms with van der Waals surface area (Å²) >= 11 is 0. The molecule has 102 valence electrons. The first-order chi connectivity index (χ1) is 8.58. The summed E-state index contributed by atoms with van der Waals surface area (Å²) in [6.07, 6.45) is 1.05. The summed E-state index contributed by atoms with van der Waals surface area (Å²) in [5, 5.41) is 3.09. The van der Waals surface area contributed by atoms with Crippen LogP contribution in [0.25, 0.3) is 0 Å². The molecular formula is C14H21F2NO. The fraction of sp³-hybridized carbons (Fsp3) is 0.571. The van der Waals surface area contributed by atoms with Crippen molar-refractivity contribution < 1.29 is 13.5 Å². The quantitative estimate of drug-likeness (QED) is 0.722. The van der Waals surface area contributed by atoms with Gasteiger partial charge in [-0.3, -0.25) is 0 Å². The number of hydrogen-bond acceptors (Lipinski definition) is 2. The molecule has 0 amide bonds. The van der Waals surface area contributed by atoms with Gasteiger partial charge in [0, 0.05) is 25.8 Å². The Labute approximate surface area is 107 Å². The molecule has 1 aromatic rings. The van der Waals surface area contributed by atoms with Crippen LogP contribution in [-0.4, -0.2) is 19.8 Å². The van der Waals surface area contributed by atoms with Crippen LogP contribution in [0.4, 0.5) is 8.78 Å². The predicted octanol–water partition coefficient (Wildman–Crippen LogP) is 3.12. The number of benzene rings is 1. The van der Waals surface area contributed by atoms with E-state index >= 15 is 0 Å². The fourth-order valence-electron chi connectivity index (χ4n) is 1.51. The molecule has 1 rings (SSSR count). The van der Waals surface area contributed by atoms with Crippen LogP contribution in [0.5, 0.6) is 0 Å². The van der Waals surface area contributed by atoms with E-state index in [1.807, 2.05) is 0 Å². The lowest BCUT2D eigenvalue weighted by molar-refractivity contribution is 0.125. The number of ether oxygens (including phenoxy) is 1. The van der Waals surface area contributed by atoms with Gasteiger partial charge in [-0.25, -0.2) is 8.78 Å². The minimum atomic E-state index is -0.542. The Morgan fingerprint density at radius 2 is 1.78 bits per heavy atom. The van der Waals surface area contributed by atoms with E-state index in [0.29, 0.717) is 31.2 Å². The van der Waals surface area contributed by atoms with E-state index in [4.69, 9.17) is 4.74 Å². The minimum Gasteiger partial charge on any atom is -0.380 e. The van der Waals surface area contributed by atoms with Crippen LogP contribution < -0.4 is 5.32 Å². The molecule has 0 aromatic heterocycles. The van der Waals surface area contributed by atoms with Gasteiger partial charge in [-0.15, -0.1) is 0 Å². The van der Waals surface area contributed by atoms with Crippen molar-refractivity contribution in [3.05, 3.63) is 35.4 Å². The van der Waals surface area contributed by atoms with E-state index in [2.05, 4.69) is 19.2 Å². The summed E-state index contributed by atoms with van der Waals surface area (Å²) in [5.74, 6) is -0.437. The Kier molecular flexibility index (Phi) is 6.83. The van der Waals surface area contributed by atoms with Crippen LogP contribution >= 0.6 is 0 Å². The van der Waals surface area contributed by atoms with Crippen molar-refractivity contribution in [1.82, 2.24) is 5.32 Å². The zero-order valence-electron chi connectivity index (χ0n) is 11.0. The van der Waals surface area contributed by atoms with Gasteiger partial charge in [-0.05, 0) is 30.0 Å². The maximum Gasteiger partial charge on any atom is 0.126 e. The lowest BCUT2D eigenvalue weighted by Crippen LogP contribution is -2.19. The van der Waals surface area contributed by atoms with Crippen LogP contribution in [0, 0.1) is 17.6 Å². The molecule has 0 atom stereocenters. The zero-order chi connectivity index (χ0) is 13.4. The number of rotatable bonds is 8. The molecule has 18 heavy (non-hydrogen) atoms. The fourth-order valence-corrected chi connectivity index (χ4v) is 1.51. The van der Waals surface area contributed by atoms with Crippen molar-refractivity contribution >= 4 is 0 Å². The Morgan fingerprint density at radius 1 is 1.11 bits per heavy atom. The smallest absolute Gasteiger partial charge is 0.126 e. The molecule has 0 radical (unpaired) electrons. The number of hydrogen-bond donors (Lipinski definition) is 1. The molecule has 0 bridgehead atoms. The summed E-state index contributed by atoms with van der Waals surface area (Å²) in [5.41, 5.74) is 0.606. The average molecular weight is 257 g/mol. The van der Waals surface area contributed by atoms with Crippen molar-refractivity contribution in [3.8, 4) is 0 Å². The van der Waals surface area contributed by atoms with Crippen LogP contribution in [0.3, 0.4) is 0 Å². The van der Waals surface area contributed by atoms with Gasteiger partial charge in [-0.2, -0.15) is 0 Å². The van der Waals surface area contributed by atoms with E-state index in [-0.39, 0.29) is 0 Å². The number of nitrogens with one attached hydrogen (secondary N) is 1. The molecule has 4 heteroatoms. The van der Waals surface area contributed by atoms with Gasteiger partial charge in [0.1, 0.15) is 11.6 Å². The molecule has 0 unspecified atom stereocenters. The largest absolute Gasteiger partial charge is 0.380 e. The van der Waals surface area contributed by atoms with Crippen molar-refractivity contribution in [2.45, 2.75) is 26.8 Å². The van der Waals surface area contributed by atoms with E-state index in [1.54, 1.807) is 0 Å². The van der Waals surface area contributed by atoms with Gasteiger partial charge in [0.25, 0.3) is 0 Å². The second kappa shape index (κ2) is 8.16. The molecule has 0 aliphatic heterocycles. The molecular weight excluding hydrogens is 236 g/mol. The topological polar surface area (TPSA) is 21.3 Å². The molecule has 0 saturated heterocycles. The zero-order valence-corrected chi connectivity index (χ0v) is 11.0. The summed E-state index contributed by atoms with van der Waals surface area (Å²) in [6, 6.07) is 3.53. The maximum atomic E-state index is 12.9. The van der Waals surface area contributed by atoms with E-state index in [0.717, 1.165) is 19.1 Å². The Hall–Kier alpha value is -1.00. The van der Waals surface area contributed by atoms with Gasteiger partial charge < -0.3 is 10.1 Å². The molecule has 2 nitrogen and oxygen atoms in total. The number of halogens is 2. The first-order valence-electron chi connectivity index (χ1n) is 6.31. The minimum absolute atomic E-state index is 0.447. The first kappa shape index (κ1) is 15.1. The average Bonchev–Trinajstić information content (AvgIpc) is 2.26. The second-order valence-corrected chi connectivity index (χ2v) is 4.75. The third-order valence-electron chi connectivity index (χ3n) is 2.51. The van der Waals surface area contributed by atoms with Gasteiger partial charge in [0.05, 0.1) is 6.61 Å². The molecule has 0 heterocycles. The highest BCUT2D eigenvalue weighted by molar-refractivity contribution is 5.17. The SMILES string of the molecule is CC(C)CCOCCNCc1cc(F)cc(F)c1. The standard InChI is InChI=1S/C14H21F2NO/c1-11(2)3-5-18-6-4-17-10-12-7-13(15)9-14(16)8-12/h7-9,11,17H,3-6,10H2,1-2H3. The highest BCUT2D eigenvalue weighted by atomic mass is 19.1. The molecule has 0 fully saturated rings. The van der Waals surface area contributed by atoms with Gasteiger partial charge in [-0.1, -0.05) is 13.8 Å². The van der Waals surface area contributed by atoms with Crippen LogP contribution in [0.15, 0.2) is 18.2 Å². The third-order valence-corrected chi connectivity index (χ3v) is 2.51. The summed E-state index contributed by atoms with van der Waals surface area (Å²) < 4.78 is 31.2. The Balaban J connectivity index is 2.10. The Morgan fingerprint density at radius 3 is 2.39 bits per heavy atom. The van der Waals surface area contributed by atoms with Crippen molar-refractivity contribution in [3.63, 3.8) is 0 Å². The molecule has 1 aromatic carbocycles. The maximum absolute atomic E-state index is 12.9. The molecule has 0 aliphatic carbocycles. The van der Waals surface area contributed by atoms with Crippen LogP contribution in [0.1, 0.15) is 25.8 Å². The van der Waals surface area contributed by atoms with E-state index < -0.39 is 11.6 Å². The first-order valence-corrected chi connectivity index (χ1v) is 6.31. The lowest BCUT2D eigenvalue weighted by atomic mass is 10.1. The third kappa shape index (κ3) is 6.67. The molecule has 0 aliphatic rings. The highest BCUT2D eigenvalue weighted by Gasteiger charge is 2.00.